The summed E-state index contributed by atoms with van der Waals surface area (Å²) in [5.41, 5.74) is 1.15. The number of nitrogens with zero attached hydrogens (tertiary/aromatic N) is 1. The van der Waals surface area contributed by atoms with Crippen molar-refractivity contribution in [2.45, 2.75) is 39.2 Å². The molecule has 5 heteroatoms. The fourth-order valence-corrected chi connectivity index (χ4v) is 3.80. The molecule has 1 unspecified atom stereocenters. The van der Waals surface area contributed by atoms with Crippen LogP contribution in [0.1, 0.15) is 31.7 Å². The van der Waals surface area contributed by atoms with E-state index in [0.717, 1.165) is 62.2 Å². The lowest BCUT2D eigenvalue weighted by molar-refractivity contribution is -0.138. The number of carbonyl (C=O) groups excluding carboxylic acids is 1. The molecule has 4 nitrogen and oxygen atoms in total. The van der Waals surface area contributed by atoms with Crippen molar-refractivity contribution < 1.29 is 9.53 Å². The molecule has 134 valence electrons. The first-order valence-electron chi connectivity index (χ1n) is 8.90. The van der Waals surface area contributed by atoms with Crippen LogP contribution in [0.3, 0.4) is 0 Å². The molecule has 0 aliphatic carbocycles. The standard InChI is InChI=1S/C19H28N2O2.ClH/c1-3-18(23-17-6-4-5-14(2)11-17)19(22)21-9-7-15-12-20-13-16(15)8-10-21;/h4-6,11,15-16,18,20H,3,7-10,12-13H2,1-2H3;1H/t15-,16+,18?;. The number of benzene rings is 1. The molecule has 1 N–H and O–H groups in total. The lowest BCUT2D eigenvalue weighted by atomic mass is 9.92. The number of amides is 1. The highest BCUT2D eigenvalue weighted by atomic mass is 35.5. The van der Waals surface area contributed by atoms with Gasteiger partial charge >= 0.3 is 0 Å². The third-order valence-corrected chi connectivity index (χ3v) is 5.25. The second-order valence-electron chi connectivity index (χ2n) is 6.91. The summed E-state index contributed by atoms with van der Waals surface area (Å²) >= 11 is 0. The molecule has 1 aromatic carbocycles. The van der Waals surface area contributed by atoms with Gasteiger partial charge in [0, 0.05) is 13.1 Å². The first-order valence-corrected chi connectivity index (χ1v) is 8.90. The van der Waals surface area contributed by atoms with Crippen LogP contribution in [0.25, 0.3) is 0 Å². The van der Waals surface area contributed by atoms with E-state index >= 15 is 0 Å². The molecule has 3 rings (SSSR count). The number of halogens is 1. The molecule has 2 heterocycles. The van der Waals surface area contributed by atoms with E-state index in [9.17, 15) is 4.79 Å². The van der Waals surface area contributed by atoms with Crippen molar-refractivity contribution in [2.24, 2.45) is 11.8 Å². The second kappa shape index (κ2) is 8.72. The number of ether oxygens (including phenoxy) is 1. The molecule has 0 bridgehead atoms. The Hall–Kier alpha value is -1.26. The second-order valence-corrected chi connectivity index (χ2v) is 6.91. The van der Waals surface area contributed by atoms with Gasteiger partial charge in [-0.25, -0.2) is 0 Å². The van der Waals surface area contributed by atoms with Gasteiger partial charge in [-0.15, -0.1) is 12.4 Å². The molecule has 2 aliphatic heterocycles. The molecule has 1 aromatic rings. The topological polar surface area (TPSA) is 41.6 Å². The molecule has 2 fully saturated rings. The van der Waals surface area contributed by atoms with Gasteiger partial charge in [-0.2, -0.15) is 0 Å². The zero-order valence-electron chi connectivity index (χ0n) is 14.7. The van der Waals surface area contributed by atoms with Gasteiger partial charge in [-0.05, 0) is 68.8 Å². The minimum Gasteiger partial charge on any atom is -0.481 e. The Kier molecular flexibility index (Phi) is 6.93. The summed E-state index contributed by atoms with van der Waals surface area (Å²) in [6.45, 7) is 8.03. The minimum atomic E-state index is -0.368. The predicted octanol–water partition coefficient (Wildman–Crippen LogP) is 3.03. The van der Waals surface area contributed by atoms with Crippen LogP contribution in [0.5, 0.6) is 5.75 Å². The fraction of sp³-hybridized carbons (Fsp3) is 0.632. The molecule has 0 spiro atoms. The zero-order chi connectivity index (χ0) is 16.2. The van der Waals surface area contributed by atoms with E-state index in [1.165, 1.54) is 0 Å². The van der Waals surface area contributed by atoms with Crippen LogP contribution in [0.15, 0.2) is 24.3 Å². The number of aryl methyl sites for hydroxylation is 1. The van der Waals surface area contributed by atoms with Gasteiger partial charge in [-0.3, -0.25) is 4.79 Å². The monoisotopic (exact) mass is 352 g/mol. The Labute approximate surface area is 151 Å². The maximum atomic E-state index is 12.9. The number of nitrogens with one attached hydrogen (secondary N) is 1. The van der Waals surface area contributed by atoms with E-state index in [2.05, 4.69) is 5.32 Å². The van der Waals surface area contributed by atoms with Crippen LogP contribution < -0.4 is 10.1 Å². The van der Waals surface area contributed by atoms with Gasteiger partial charge in [0.1, 0.15) is 5.75 Å². The van der Waals surface area contributed by atoms with Crippen LogP contribution in [-0.4, -0.2) is 43.1 Å². The molecule has 2 aliphatic rings. The van der Waals surface area contributed by atoms with Gasteiger partial charge in [0.15, 0.2) is 6.10 Å². The molecule has 0 radical (unpaired) electrons. The maximum absolute atomic E-state index is 12.9. The number of carbonyl (C=O) groups is 1. The Morgan fingerprint density at radius 2 is 1.96 bits per heavy atom. The highest BCUT2D eigenvalue weighted by molar-refractivity contribution is 5.85. The maximum Gasteiger partial charge on any atom is 0.263 e. The number of hydrogen-bond acceptors (Lipinski definition) is 3. The normalized spacial score (nSPS) is 24.5. The molecule has 24 heavy (non-hydrogen) atoms. The summed E-state index contributed by atoms with van der Waals surface area (Å²) in [6, 6.07) is 7.94. The minimum absolute atomic E-state index is 0. The summed E-state index contributed by atoms with van der Waals surface area (Å²) in [4.78, 5) is 14.9. The number of rotatable bonds is 4. The Balaban J connectivity index is 0.00000208. The van der Waals surface area contributed by atoms with E-state index in [-0.39, 0.29) is 24.4 Å². The molecule has 3 atom stereocenters. The SMILES string of the molecule is CCC(Oc1cccc(C)c1)C(=O)N1CC[C@@H]2CNC[C@@H]2CC1.Cl. The number of likely N-dealkylation sites (tertiary alicyclic amines) is 1. The van der Waals surface area contributed by atoms with E-state index in [0.29, 0.717) is 6.42 Å². The summed E-state index contributed by atoms with van der Waals surface area (Å²) in [7, 11) is 0. The van der Waals surface area contributed by atoms with Crippen molar-refractivity contribution >= 4 is 18.3 Å². The number of hydrogen-bond donors (Lipinski definition) is 1. The van der Waals surface area contributed by atoms with Gasteiger partial charge in [0.25, 0.3) is 5.91 Å². The number of fused-ring (bicyclic) bond motifs is 1. The quantitative estimate of drug-likeness (QED) is 0.905. The Morgan fingerprint density at radius 1 is 1.29 bits per heavy atom. The molecule has 0 saturated carbocycles. The Bertz CT molecular complexity index is 538. The van der Waals surface area contributed by atoms with Gasteiger partial charge in [-0.1, -0.05) is 19.1 Å². The fourth-order valence-electron chi connectivity index (χ4n) is 3.80. The van der Waals surface area contributed by atoms with Crippen molar-refractivity contribution in [3.05, 3.63) is 29.8 Å². The highest BCUT2D eigenvalue weighted by Gasteiger charge is 2.33. The smallest absolute Gasteiger partial charge is 0.263 e. The largest absolute Gasteiger partial charge is 0.481 e. The third kappa shape index (κ3) is 4.42. The summed E-state index contributed by atoms with van der Waals surface area (Å²) < 4.78 is 5.99. The van der Waals surface area contributed by atoms with E-state index < -0.39 is 0 Å². The van der Waals surface area contributed by atoms with E-state index in [1.54, 1.807) is 0 Å². The molecule has 0 aromatic heterocycles. The van der Waals surface area contributed by atoms with Crippen molar-refractivity contribution in [3.8, 4) is 5.75 Å². The van der Waals surface area contributed by atoms with Crippen LogP contribution in [0.2, 0.25) is 0 Å². The summed E-state index contributed by atoms with van der Waals surface area (Å²) in [5, 5.41) is 3.48. The Morgan fingerprint density at radius 3 is 2.54 bits per heavy atom. The first-order chi connectivity index (χ1) is 11.2. The van der Waals surface area contributed by atoms with Crippen LogP contribution in [-0.2, 0) is 4.79 Å². The first kappa shape index (κ1) is 19.1. The van der Waals surface area contributed by atoms with Gasteiger partial charge in [0.2, 0.25) is 0 Å². The lowest BCUT2D eigenvalue weighted by Crippen LogP contribution is -2.42. The summed E-state index contributed by atoms with van der Waals surface area (Å²) in [6.07, 6.45) is 2.57. The average molecular weight is 353 g/mol. The van der Waals surface area contributed by atoms with Crippen molar-refractivity contribution in [2.75, 3.05) is 26.2 Å². The van der Waals surface area contributed by atoms with Crippen LogP contribution in [0, 0.1) is 18.8 Å². The van der Waals surface area contributed by atoms with Crippen molar-refractivity contribution in [3.63, 3.8) is 0 Å². The van der Waals surface area contributed by atoms with E-state index in [1.807, 2.05) is 43.0 Å². The van der Waals surface area contributed by atoms with Crippen molar-refractivity contribution in [1.29, 1.82) is 0 Å². The van der Waals surface area contributed by atoms with Gasteiger partial charge in [0.05, 0.1) is 0 Å². The molecule has 1 amide bonds. The average Bonchev–Trinajstić information content (AvgIpc) is 2.90. The lowest BCUT2D eigenvalue weighted by Gasteiger charge is -2.26. The van der Waals surface area contributed by atoms with Crippen LogP contribution in [0.4, 0.5) is 0 Å². The molecular weight excluding hydrogens is 324 g/mol. The molecular formula is C19H29ClN2O2. The van der Waals surface area contributed by atoms with Crippen molar-refractivity contribution in [1.82, 2.24) is 10.2 Å². The van der Waals surface area contributed by atoms with Crippen LogP contribution >= 0.6 is 12.4 Å². The third-order valence-electron chi connectivity index (χ3n) is 5.25. The molecule has 2 saturated heterocycles. The highest BCUT2D eigenvalue weighted by Crippen LogP contribution is 2.27. The van der Waals surface area contributed by atoms with E-state index in [4.69, 9.17) is 4.74 Å². The zero-order valence-corrected chi connectivity index (χ0v) is 15.5. The predicted molar refractivity (Wildman–Crippen MR) is 98.8 cm³/mol. The summed E-state index contributed by atoms with van der Waals surface area (Å²) in [5.74, 6) is 2.43. The van der Waals surface area contributed by atoms with Gasteiger partial charge < -0.3 is 15.0 Å².